The molecular formula is C17H38ClNO4S. The third-order valence-corrected chi connectivity index (χ3v) is 4.92. The van der Waals surface area contributed by atoms with Gasteiger partial charge in [0, 0.05) is 0 Å². The van der Waals surface area contributed by atoms with Crippen molar-refractivity contribution in [3.63, 3.8) is 0 Å². The van der Waals surface area contributed by atoms with Crippen LogP contribution in [-0.4, -0.2) is 50.6 Å². The minimum atomic E-state index is -4.05. The third-order valence-electron chi connectivity index (χ3n) is 4.12. The number of hydrogen-bond donors (Lipinski definition) is 3. The molecule has 1 unspecified atom stereocenters. The first-order valence-corrected chi connectivity index (χ1v) is 10.8. The lowest BCUT2D eigenvalue weighted by atomic mass is 10.0. The van der Waals surface area contributed by atoms with Crippen LogP contribution in [0.1, 0.15) is 77.0 Å². The highest BCUT2D eigenvalue weighted by molar-refractivity contribution is 7.85. The van der Waals surface area contributed by atoms with Crippen molar-refractivity contribution in [2.75, 3.05) is 26.4 Å². The smallest absolute Gasteiger partial charge is 0.267 e. The maximum atomic E-state index is 10.6. The highest BCUT2D eigenvalue weighted by Gasteiger charge is 2.13. The van der Waals surface area contributed by atoms with Crippen molar-refractivity contribution in [1.29, 1.82) is 0 Å². The van der Waals surface area contributed by atoms with E-state index in [2.05, 4.69) is 14.1 Å². The Labute approximate surface area is 155 Å². The second-order valence-electron chi connectivity index (χ2n) is 7.04. The molecular weight excluding hydrogens is 350 g/mol. The van der Waals surface area contributed by atoms with Crippen LogP contribution in [0.25, 0.3) is 0 Å². The standard InChI is InChI=1S/C17H37NO4S.ClH/c1-18(2)15-13-11-9-7-5-3-4-6-8-10-12-14-17(19)16-23(20,21)22;/h17,19H,3-16H2,1-2H3,(H,20,21,22);1H. The lowest BCUT2D eigenvalue weighted by Crippen LogP contribution is -3.05. The Morgan fingerprint density at radius 2 is 1.17 bits per heavy atom. The topological polar surface area (TPSA) is 79.0 Å². The van der Waals surface area contributed by atoms with Crippen molar-refractivity contribution < 1.29 is 35.4 Å². The molecule has 5 nitrogen and oxygen atoms in total. The molecule has 0 fully saturated rings. The fraction of sp³-hybridized carbons (Fsp3) is 1.00. The highest BCUT2D eigenvalue weighted by Crippen LogP contribution is 2.12. The van der Waals surface area contributed by atoms with Gasteiger partial charge in [0.05, 0.1) is 26.7 Å². The molecule has 24 heavy (non-hydrogen) atoms. The summed E-state index contributed by atoms with van der Waals surface area (Å²) in [6.07, 6.45) is 13.1. The molecule has 0 heterocycles. The van der Waals surface area contributed by atoms with Crippen molar-refractivity contribution in [2.24, 2.45) is 0 Å². The number of aliphatic hydroxyl groups excluding tert-OH is 1. The first kappa shape index (κ1) is 26.4. The van der Waals surface area contributed by atoms with Gasteiger partial charge in [-0.15, -0.1) is 0 Å². The second-order valence-corrected chi connectivity index (χ2v) is 8.53. The van der Waals surface area contributed by atoms with Gasteiger partial charge in [-0.2, -0.15) is 8.42 Å². The van der Waals surface area contributed by atoms with Gasteiger partial charge >= 0.3 is 0 Å². The highest BCUT2D eigenvalue weighted by atomic mass is 35.5. The summed E-state index contributed by atoms with van der Waals surface area (Å²) in [5.41, 5.74) is 0. The molecule has 0 bridgehead atoms. The predicted octanol–water partition coefficient (Wildman–Crippen LogP) is -0.935. The molecule has 0 amide bonds. The first-order chi connectivity index (χ1) is 10.8. The molecule has 148 valence electrons. The largest absolute Gasteiger partial charge is 1.00 e. The zero-order valence-corrected chi connectivity index (χ0v) is 17.0. The van der Waals surface area contributed by atoms with E-state index in [0.29, 0.717) is 6.42 Å². The maximum absolute atomic E-state index is 10.6. The Hall–Kier alpha value is 0.120. The minimum Gasteiger partial charge on any atom is -1.00 e. The van der Waals surface area contributed by atoms with Crippen LogP contribution in [0.2, 0.25) is 0 Å². The van der Waals surface area contributed by atoms with Crippen LogP contribution in [0, 0.1) is 0 Å². The molecule has 0 aliphatic heterocycles. The summed E-state index contributed by atoms with van der Waals surface area (Å²) in [5, 5.41) is 9.44. The van der Waals surface area contributed by atoms with Crippen LogP contribution in [0.3, 0.4) is 0 Å². The monoisotopic (exact) mass is 387 g/mol. The average Bonchev–Trinajstić information content (AvgIpc) is 2.41. The van der Waals surface area contributed by atoms with E-state index in [0.717, 1.165) is 19.3 Å². The van der Waals surface area contributed by atoms with Gasteiger partial charge in [-0.3, -0.25) is 4.55 Å². The fourth-order valence-corrected chi connectivity index (χ4v) is 3.43. The van der Waals surface area contributed by atoms with Gasteiger partial charge < -0.3 is 22.4 Å². The van der Waals surface area contributed by atoms with Gasteiger partial charge in [0.25, 0.3) is 10.1 Å². The quantitative estimate of drug-likeness (QED) is 0.236. The first-order valence-electron chi connectivity index (χ1n) is 9.23. The SMILES string of the molecule is C[NH+](C)CCCCCCCCCCCCCC(O)CS(=O)(=O)O.[Cl-]. The Bertz CT molecular complexity index is 364. The number of hydrogen-bond acceptors (Lipinski definition) is 3. The molecule has 1 atom stereocenters. The summed E-state index contributed by atoms with van der Waals surface area (Å²) in [5.74, 6) is -0.539. The van der Waals surface area contributed by atoms with E-state index in [9.17, 15) is 13.5 Å². The van der Waals surface area contributed by atoms with E-state index in [4.69, 9.17) is 4.55 Å². The molecule has 7 heteroatoms. The summed E-state index contributed by atoms with van der Waals surface area (Å²) in [6.45, 7) is 1.28. The number of aliphatic hydroxyl groups is 1. The zero-order valence-electron chi connectivity index (χ0n) is 15.5. The summed E-state index contributed by atoms with van der Waals surface area (Å²) < 4.78 is 29.8. The van der Waals surface area contributed by atoms with E-state index in [1.165, 1.54) is 62.8 Å². The van der Waals surface area contributed by atoms with Crippen LogP contribution in [0.4, 0.5) is 0 Å². The second kappa shape index (κ2) is 16.6. The Morgan fingerprint density at radius 1 is 0.792 bits per heavy atom. The Morgan fingerprint density at radius 3 is 1.54 bits per heavy atom. The lowest BCUT2D eigenvalue weighted by Gasteiger charge is -2.08. The van der Waals surface area contributed by atoms with Gasteiger partial charge in [-0.05, 0) is 19.3 Å². The van der Waals surface area contributed by atoms with Crippen molar-refractivity contribution in [3.8, 4) is 0 Å². The molecule has 0 aromatic rings. The van der Waals surface area contributed by atoms with Gasteiger partial charge in [0.2, 0.25) is 0 Å². The van der Waals surface area contributed by atoms with Gasteiger partial charge in [-0.1, -0.05) is 57.8 Å². The van der Waals surface area contributed by atoms with Crippen LogP contribution < -0.4 is 17.3 Å². The molecule has 0 aliphatic carbocycles. The normalized spacial score (nSPS) is 13.0. The molecule has 0 aromatic carbocycles. The van der Waals surface area contributed by atoms with Crippen LogP contribution in [0.5, 0.6) is 0 Å². The summed E-state index contributed by atoms with van der Waals surface area (Å²) in [7, 11) is 0.362. The molecule has 0 spiro atoms. The van der Waals surface area contributed by atoms with Crippen LogP contribution in [-0.2, 0) is 10.1 Å². The fourth-order valence-electron chi connectivity index (χ4n) is 2.78. The van der Waals surface area contributed by atoms with E-state index < -0.39 is 22.0 Å². The van der Waals surface area contributed by atoms with E-state index in [1.807, 2.05) is 0 Å². The van der Waals surface area contributed by atoms with Crippen LogP contribution in [0.15, 0.2) is 0 Å². The van der Waals surface area contributed by atoms with Crippen molar-refractivity contribution in [2.45, 2.75) is 83.2 Å². The Kier molecular flexibility index (Phi) is 18.2. The Balaban J connectivity index is 0. The van der Waals surface area contributed by atoms with Gasteiger partial charge in [0.1, 0.15) is 5.75 Å². The minimum absolute atomic E-state index is 0. The lowest BCUT2D eigenvalue weighted by molar-refractivity contribution is -0.858. The molecule has 0 saturated heterocycles. The number of rotatable bonds is 16. The molecule has 0 aromatic heterocycles. The van der Waals surface area contributed by atoms with E-state index in [-0.39, 0.29) is 12.4 Å². The molecule has 3 N–H and O–H groups in total. The molecule has 0 rings (SSSR count). The predicted molar refractivity (Wildman–Crippen MR) is 95.5 cm³/mol. The summed E-state index contributed by atoms with van der Waals surface area (Å²) in [4.78, 5) is 1.54. The number of nitrogens with one attached hydrogen (secondary N) is 1. The van der Waals surface area contributed by atoms with Crippen molar-refractivity contribution in [1.82, 2.24) is 0 Å². The number of quaternary nitrogens is 1. The van der Waals surface area contributed by atoms with Gasteiger partial charge in [0.15, 0.2) is 0 Å². The van der Waals surface area contributed by atoms with E-state index >= 15 is 0 Å². The molecule has 0 aliphatic rings. The maximum Gasteiger partial charge on any atom is 0.267 e. The van der Waals surface area contributed by atoms with Crippen molar-refractivity contribution >= 4 is 10.1 Å². The number of unbranched alkanes of at least 4 members (excludes halogenated alkanes) is 10. The van der Waals surface area contributed by atoms with Crippen LogP contribution >= 0.6 is 0 Å². The number of halogens is 1. The van der Waals surface area contributed by atoms with Gasteiger partial charge in [-0.25, -0.2) is 0 Å². The zero-order chi connectivity index (χ0) is 17.6. The third kappa shape index (κ3) is 22.1. The summed E-state index contributed by atoms with van der Waals surface area (Å²) in [6, 6.07) is 0. The van der Waals surface area contributed by atoms with E-state index in [1.54, 1.807) is 0 Å². The van der Waals surface area contributed by atoms with Crippen molar-refractivity contribution in [3.05, 3.63) is 0 Å². The summed E-state index contributed by atoms with van der Waals surface area (Å²) >= 11 is 0. The molecule has 0 saturated carbocycles. The molecule has 0 radical (unpaired) electrons. The average molecular weight is 388 g/mol.